The lowest BCUT2D eigenvalue weighted by Gasteiger charge is -2.10. The lowest BCUT2D eigenvalue weighted by atomic mass is 10.0. The van der Waals surface area contributed by atoms with E-state index in [9.17, 15) is 18.0 Å². The molecule has 6 nitrogen and oxygen atoms in total. The van der Waals surface area contributed by atoms with Gasteiger partial charge in [0.25, 0.3) is 5.91 Å². The molecule has 0 spiro atoms. The minimum atomic E-state index is -4.38. The van der Waals surface area contributed by atoms with Crippen molar-refractivity contribution < 1.29 is 18.0 Å². The molecular formula is C19H16F3N5O. The standard InChI is InChI=1S/C19H16F3N5O/c20-19(21,22)14-4-1-3-12(10-14)9-13-6-8-23-16(11-13)27-15-5-2-7-24-18(28)17(15)25-26-27/h1,3-4,6,8,10-11H,2,5,7,9H2,(H,24,28). The lowest BCUT2D eigenvalue weighted by Crippen LogP contribution is -2.23. The van der Waals surface area contributed by atoms with E-state index >= 15 is 0 Å². The lowest BCUT2D eigenvalue weighted by molar-refractivity contribution is -0.137. The Morgan fingerprint density at radius 3 is 2.79 bits per heavy atom. The Morgan fingerprint density at radius 2 is 1.96 bits per heavy atom. The molecular weight excluding hydrogens is 371 g/mol. The summed E-state index contributed by atoms with van der Waals surface area (Å²) < 4.78 is 40.3. The van der Waals surface area contributed by atoms with Crippen LogP contribution in [0.25, 0.3) is 5.82 Å². The van der Waals surface area contributed by atoms with E-state index in [1.54, 1.807) is 24.4 Å². The van der Waals surface area contributed by atoms with E-state index in [0.717, 1.165) is 24.1 Å². The SMILES string of the molecule is O=C1NCCCc2c1nnn2-c1cc(Cc2cccc(C(F)(F)F)c2)ccn1. The molecule has 9 heteroatoms. The normalized spacial score (nSPS) is 14.3. The fraction of sp³-hybridized carbons (Fsp3) is 0.263. The minimum absolute atomic E-state index is 0.265. The van der Waals surface area contributed by atoms with Crippen LogP contribution in [-0.4, -0.2) is 32.4 Å². The largest absolute Gasteiger partial charge is 0.416 e. The highest BCUT2D eigenvalue weighted by Crippen LogP contribution is 2.30. The summed E-state index contributed by atoms with van der Waals surface area (Å²) in [6, 6.07) is 8.74. The van der Waals surface area contributed by atoms with Crippen LogP contribution in [0.3, 0.4) is 0 Å². The Kier molecular flexibility index (Phi) is 4.58. The third-order valence-electron chi connectivity index (χ3n) is 4.54. The fourth-order valence-corrected chi connectivity index (χ4v) is 3.21. The van der Waals surface area contributed by atoms with Crippen molar-refractivity contribution in [3.8, 4) is 5.82 Å². The van der Waals surface area contributed by atoms with Crippen molar-refractivity contribution >= 4 is 5.91 Å². The molecule has 1 aliphatic heterocycles. The highest BCUT2D eigenvalue weighted by molar-refractivity contribution is 5.93. The molecule has 144 valence electrons. The predicted molar refractivity (Wildman–Crippen MR) is 94.1 cm³/mol. The van der Waals surface area contributed by atoms with E-state index in [1.807, 2.05) is 0 Å². The summed E-state index contributed by atoms with van der Waals surface area (Å²) in [6.45, 7) is 0.568. The zero-order chi connectivity index (χ0) is 19.7. The van der Waals surface area contributed by atoms with Gasteiger partial charge >= 0.3 is 6.18 Å². The van der Waals surface area contributed by atoms with Crippen molar-refractivity contribution in [2.45, 2.75) is 25.4 Å². The van der Waals surface area contributed by atoms with Crippen LogP contribution in [-0.2, 0) is 19.0 Å². The first kappa shape index (κ1) is 18.1. The number of hydrogen-bond donors (Lipinski definition) is 1. The third kappa shape index (κ3) is 3.60. The maximum atomic E-state index is 12.9. The number of carbonyl (C=O) groups is 1. The Morgan fingerprint density at radius 1 is 1.14 bits per heavy atom. The highest BCUT2D eigenvalue weighted by Gasteiger charge is 2.30. The molecule has 1 aromatic carbocycles. The number of benzene rings is 1. The molecule has 1 aliphatic rings. The van der Waals surface area contributed by atoms with E-state index in [2.05, 4.69) is 20.6 Å². The van der Waals surface area contributed by atoms with Gasteiger partial charge in [-0.2, -0.15) is 17.9 Å². The van der Waals surface area contributed by atoms with E-state index in [0.29, 0.717) is 36.5 Å². The molecule has 0 unspecified atom stereocenters. The van der Waals surface area contributed by atoms with Crippen LogP contribution in [0.5, 0.6) is 0 Å². The quantitative estimate of drug-likeness (QED) is 0.750. The van der Waals surface area contributed by atoms with E-state index in [-0.39, 0.29) is 11.6 Å². The summed E-state index contributed by atoms with van der Waals surface area (Å²) in [4.78, 5) is 16.3. The average molecular weight is 387 g/mol. The number of nitrogens with zero attached hydrogens (tertiary/aromatic N) is 4. The minimum Gasteiger partial charge on any atom is -0.351 e. The Balaban J connectivity index is 1.64. The van der Waals surface area contributed by atoms with Gasteiger partial charge in [0.05, 0.1) is 11.3 Å². The van der Waals surface area contributed by atoms with Crippen LogP contribution in [0.15, 0.2) is 42.6 Å². The van der Waals surface area contributed by atoms with Crippen molar-refractivity contribution in [1.29, 1.82) is 0 Å². The van der Waals surface area contributed by atoms with Gasteiger partial charge in [-0.3, -0.25) is 4.79 Å². The zero-order valence-electron chi connectivity index (χ0n) is 14.7. The summed E-state index contributed by atoms with van der Waals surface area (Å²) >= 11 is 0. The van der Waals surface area contributed by atoms with Gasteiger partial charge in [0, 0.05) is 12.7 Å². The van der Waals surface area contributed by atoms with Crippen molar-refractivity contribution in [2.75, 3.05) is 6.54 Å². The summed E-state index contributed by atoms with van der Waals surface area (Å²) in [5.74, 6) is 0.215. The fourth-order valence-electron chi connectivity index (χ4n) is 3.21. The number of aromatic nitrogens is 4. The van der Waals surface area contributed by atoms with Crippen LogP contribution in [0.1, 0.15) is 39.3 Å². The van der Waals surface area contributed by atoms with Gasteiger partial charge in [-0.05, 0) is 48.6 Å². The molecule has 0 fully saturated rings. The second kappa shape index (κ2) is 7.06. The van der Waals surface area contributed by atoms with Crippen LogP contribution in [0.4, 0.5) is 13.2 Å². The topological polar surface area (TPSA) is 72.7 Å². The summed E-state index contributed by atoms with van der Waals surface area (Å²) in [6.07, 6.45) is -1.10. The molecule has 2 aromatic heterocycles. The number of pyridine rings is 1. The number of carbonyl (C=O) groups excluding carboxylic acids is 1. The maximum Gasteiger partial charge on any atom is 0.416 e. The molecule has 0 radical (unpaired) electrons. The monoisotopic (exact) mass is 387 g/mol. The summed E-state index contributed by atoms with van der Waals surface area (Å²) in [5, 5.41) is 10.8. The van der Waals surface area contributed by atoms with Crippen molar-refractivity contribution in [1.82, 2.24) is 25.3 Å². The molecule has 0 bridgehead atoms. The van der Waals surface area contributed by atoms with Crippen molar-refractivity contribution in [3.63, 3.8) is 0 Å². The van der Waals surface area contributed by atoms with Crippen LogP contribution < -0.4 is 5.32 Å². The van der Waals surface area contributed by atoms with Crippen LogP contribution >= 0.6 is 0 Å². The first-order chi connectivity index (χ1) is 13.4. The number of nitrogens with one attached hydrogen (secondary N) is 1. The Hall–Kier alpha value is -3.23. The molecule has 3 heterocycles. The van der Waals surface area contributed by atoms with Gasteiger partial charge in [-0.15, -0.1) is 5.10 Å². The van der Waals surface area contributed by atoms with Gasteiger partial charge in [0.1, 0.15) is 0 Å². The van der Waals surface area contributed by atoms with E-state index in [1.165, 1.54) is 10.7 Å². The Labute approximate surface area is 158 Å². The van der Waals surface area contributed by atoms with Gasteiger partial charge in [-0.1, -0.05) is 23.4 Å². The first-order valence-electron chi connectivity index (χ1n) is 8.76. The zero-order valence-corrected chi connectivity index (χ0v) is 14.7. The number of halogens is 3. The van der Waals surface area contributed by atoms with Gasteiger partial charge in [0.15, 0.2) is 11.5 Å². The second-order valence-corrected chi connectivity index (χ2v) is 6.55. The Bertz CT molecular complexity index is 1030. The van der Waals surface area contributed by atoms with Crippen LogP contribution in [0.2, 0.25) is 0 Å². The molecule has 0 atom stereocenters. The number of alkyl halides is 3. The van der Waals surface area contributed by atoms with Crippen molar-refractivity contribution in [2.24, 2.45) is 0 Å². The van der Waals surface area contributed by atoms with E-state index < -0.39 is 11.7 Å². The summed E-state index contributed by atoms with van der Waals surface area (Å²) in [7, 11) is 0. The van der Waals surface area contributed by atoms with E-state index in [4.69, 9.17) is 0 Å². The van der Waals surface area contributed by atoms with Crippen LogP contribution in [0, 0.1) is 0 Å². The molecule has 0 saturated carbocycles. The highest BCUT2D eigenvalue weighted by atomic mass is 19.4. The van der Waals surface area contributed by atoms with Gasteiger partial charge in [-0.25, -0.2) is 4.98 Å². The first-order valence-corrected chi connectivity index (χ1v) is 8.76. The summed E-state index contributed by atoms with van der Waals surface area (Å²) in [5.41, 5.74) is 1.61. The second-order valence-electron chi connectivity index (χ2n) is 6.55. The smallest absolute Gasteiger partial charge is 0.351 e. The van der Waals surface area contributed by atoms with Gasteiger partial charge in [0.2, 0.25) is 0 Å². The number of amides is 1. The number of rotatable bonds is 3. The molecule has 4 rings (SSSR count). The average Bonchev–Trinajstić information content (AvgIpc) is 3.00. The number of fused-ring (bicyclic) bond motifs is 1. The molecule has 28 heavy (non-hydrogen) atoms. The van der Waals surface area contributed by atoms with Gasteiger partial charge < -0.3 is 5.32 Å². The molecule has 1 amide bonds. The predicted octanol–water partition coefficient (Wildman–Crippen LogP) is 2.95. The molecule has 3 aromatic rings. The molecule has 0 aliphatic carbocycles. The maximum absolute atomic E-state index is 12.9. The van der Waals surface area contributed by atoms with Crippen molar-refractivity contribution in [3.05, 3.63) is 70.7 Å². The number of hydrogen-bond acceptors (Lipinski definition) is 4. The molecule has 1 N–H and O–H groups in total. The molecule has 0 saturated heterocycles. The third-order valence-corrected chi connectivity index (χ3v) is 4.54.